The molecule has 1 fully saturated rings. The van der Waals surface area contributed by atoms with Gasteiger partial charge in [-0.15, -0.1) is 0 Å². The highest BCUT2D eigenvalue weighted by molar-refractivity contribution is 7.98. The minimum atomic E-state index is -1.02. The lowest BCUT2D eigenvalue weighted by atomic mass is 9.91. The number of benzene rings is 1. The molecule has 8 heteroatoms. The van der Waals surface area contributed by atoms with Gasteiger partial charge in [-0.1, -0.05) is 18.2 Å². The predicted molar refractivity (Wildman–Crippen MR) is 119 cm³/mol. The number of amides is 2. The zero-order valence-corrected chi connectivity index (χ0v) is 18.5. The van der Waals surface area contributed by atoms with Gasteiger partial charge in [0.2, 0.25) is 5.91 Å². The van der Waals surface area contributed by atoms with Crippen molar-refractivity contribution in [3.8, 4) is 5.75 Å². The SMILES string of the molecule is CSCC[C@H](N)C(=O)N1CCOC2(CCCCc3ccccc3OCCNC2=O)C1. The standard InChI is InChI=1S/C22H33N3O4S/c1-30-15-9-18(23)20(26)25-12-14-29-22(16-25)10-5-4-7-17-6-2-3-8-19(17)28-13-11-24-21(22)27/h2-3,6,8,18H,4-5,7,9-16,23H2,1H3,(H,24,27)/t18-,22?/m0/s1. The molecule has 1 aromatic rings. The van der Waals surface area contributed by atoms with Crippen molar-refractivity contribution in [3.05, 3.63) is 29.8 Å². The number of carbonyl (C=O) groups excluding carboxylic acids is 2. The molecule has 2 atom stereocenters. The Labute approximate surface area is 183 Å². The normalized spacial score (nSPS) is 24.1. The van der Waals surface area contributed by atoms with Gasteiger partial charge < -0.3 is 25.4 Å². The molecular formula is C22H33N3O4S. The molecule has 2 heterocycles. The van der Waals surface area contributed by atoms with Crippen LogP contribution in [0.5, 0.6) is 5.75 Å². The van der Waals surface area contributed by atoms with Gasteiger partial charge in [-0.25, -0.2) is 0 Å². The van der Waals surface area contributed by atoms with Crippen LogP contribution in [0.3, 0.4) is 0 Å². The molecule has 30 heavy (non-hydrogen) atoms. The molecule has 1 unspecified atom stereocenters. The van der Waals surface area contributed by atoms with E-state index in [1.165, 1.54) is 5.56 Å². The van der Waals surface area contributed by atoms with Crippen molar-refractivity contribution in [3.63, 3.8) is 0 Å². The van der Waals surface area contributed by atoms with Gasteiger partial charge in [0.1, 0.15) is 12.4 Å². The highest BCUT2D eigenvalue weighted by Gasteiger charge is 2.45. The fourth-order valence-corrected chi connectivity index (χ4v) is 4.53. The lowest BCUT2D eigenvalue weighted by Crippen LogP contribution is -2.62. The van der Waals surface area contributed by atoms with Crippen LogP contribution in [-0.2, 0) is 20.7 Å². The summed E-state index contributed by atoms with van der Waals surface area (Å²) >= 11 is 1.67. The van der Waals surface area contributed by atoms with Crippen LogP contribution in [-0.4, -0.2) is 73.2 Å². The number of thioether (sulfide) groups is 1. The first-order chi connectivity index (χ1) is 14.6. The minimum Gasteiger partial charge on any atom is -0.491 e. The summed E-state index contributed by atoms with van der Waals surface area (Å²) in [5, 5.41) is 2.95. The maximum absolute atomic E-state index is 13.1. The Morgan fingerprint density at radius 2 is 2.17 bits per heavy atom. The summed E-state index contributed by atoms with van der Waals surface area (Å²) in [6.07, 6.45) is 5.83. The number of ether oxygens (including phenoxy) is 2. The number of nitrogens with one attached hydrogen (secondary N) is 1. The molecule has 1 aromatic carbocycles. The third kappa shape index (κ3) is 5.68. The summed E-state index contributed by atoms with van der Waals surface area (Å²) in [4.78, 5) is 27.6. The van der Waals surface area contributed by atoms with Crippen LogP contribution in [0, 0.1) is 0 Å². The van der Waals surface area contributed by atoms with Crippen LogP contribution in [0.25, 0.3) is 0 Å². The monoisotopic (exact) mass is 435 g/mol. The Morgan fingerprint density at radius 1 is 1.33 bits per heavy atom. The first-order valence-electron chi connectivity index (χ1n) is 10.7. The fourth-order valence-electron chi connectivity index (χ4n) is 4.04. The molecule has 2 aliphatic heterocycles. The highest BCUT2D eigenvalue weighted by Crippen LogP contribution is 2.28. The quantitative estimate of drug-likeness (QED) is 0.746. The van der Waals surface area contributed by atoms with E-state index in [9.17, 15) is 9.59 Å². The molecule has 2 aliphatic rings. The van der Waals surface area contributed by atoms with E-state index >= 15 is 0 Å². The average Bonchev–Trinajstić information content (AvgIpc) is 2.77. The largest absolute Gasteiger partial charge is 0.491 e. The molecule has 3 rings (SSSR count). The van der Waals surface area contributed by atoms with E-state index in [4.69, 9.17) is 15.2 Å². The van der Waals surface area contributed by atoms with Crippen molar-refractivity contribution in [1.82, 2.24) is 10.2 Å². The predicted octanol–water partition coefficient (Wildman–Crippen LogP) is 1.59. The number of hydrogen-bond acceptors (Lipinski definition) is 6. The molecule has 0 aromatic heterocycles. The molecule has 0 bridgehead atoms. The summed E-state index contributed by atoms with van der Waals surface area (Å²) in [6.45, 7) is 1.84. The molecule has 1 saturated heterocycles. The molecule has 0 aliphatic carbocycles. The number of para-hydroxylation sites is 1. The number of fused-ring (bicyclic) bond motifs is 1. The summed E-state index contributed by atoms with van der Waals surface area (Å²) in [5.74, 6) is 1.45. The van der Waals surface area contributed by atoms with E-state index in [0.29, 0.717) is 39.1 Å². The maximum atomic E-state index is 13.1. The Hall–Kier alpha value is -1.77. The number of hydrogen-bond donors (Lipinski definition) is 2. The van der Waals surface area contributed by atoms with Crippen LogP contribution >= 0.6 is 11.8 Å². The number of aryl methyl sites for hydroxylation is 1. The summed E-state index contributed by atoms with van der Waals surface area (Å²) < 4.78 is 11.9. The molecule has 166 valence electrons. The lowest BCUT2D eigenvalue weighted by molar-refractivity contribution is -0.168. The molecule has 0 saturated carbocycles. The van der Waals surface area contributed by atoms with E-state index in [0.717, 1.165) is 30.8 Å². The number of nitrogens with two attached hydrogens (primary N) is 1. The second kappa shape index (κ2) is 11.0. The topological polar surface area (TPSA) is 93.9 Å². The Morgan fingerprint density at radius 3 is 3.00 bits per heavy atom. The van der Waals surface area contributed by atoms with Gasteiger partial charge >= 0.3 is 0 Å². The molecule has 1 spiro atoms. The Kier molecular flexibility index (Phi) is 8.41. The van der Waals surface area contributed by atoms with Crippen LogP contribution < -0.4 is 15.8 Å². The zero-order chi connectivity index (χ0) is 21.4. The van der Waals surface area contributed by atoms with Gasteiger partial charge in [0.15, 0.2) is 5.60 Å². The average molecular weight is 436 g/mol. The van der Waals surface area contributed by atoms with Crippen molar-refractivity contribution in [2.24, 2.45) is 5.73 Å². The van der Waals surface area contributed by atoms with E-state index in [1.54, 1.807) is 16.7 Å². The Bertz CT molecular complexity index is 732. The van der Waals surface area contributed by atoms with Gasteiger partial charge in [-0.3, -0.25) is 9.59 Å². The Balaban J connectivity index is 1.69. The van der Waals surface area contributed by atoms with Crippen molar-refractivity contribution < 1.29 is 19.1 Å². The van der Waals surface area contributed by atoms with Crippen LogP contribution in [0.15, 0.2) is 24.3 Å². The van der Waals surface area contributed by atoms with Crippen molar-refractivity contribution >= 4 is 23.6 Å². The summed E-state index contributed by atoms with van der Waals surface area (Å²) in [6, 6.07) is 7.50. The molecule has 2 amide bonds. The van der Waals surface area contributed by atoms with Gasteiger partial charge in [0.25, 0.3) is 5.91 Å². The molecule has 0 radical (unpaired) electrons. The second-order valence-corrected chi connectivity index (χ2v) is 8.90. The van der Waals surface area contributed by atoms with Crippen LogP contribution in [0.1, 0.15) is 31.2 Å². The van der Waals surface area contributed by atoms with Crippen molar-refractivity contribution in [2.75, 3.05) is 44.9 Å². The number of carbonyl (C=O) groups is 2. The smallest absolute Gasteiger partial charge is 0.254 e. The molecule has 7 nitrogen and oxygen atoms in total. The lowest BCUT2D eigenvalue weighted by Gasteiger charge is -2.42. The van der Waals surface area contributed by atoms with Crippen LogP contribution in [0.2, 0.25) is 0 Å². The minimum absolute atomic E-state index is 0.0945. The van der Waals surface area contributed by atoms with Crippen molar-refractivity contribution in [2.45, 2.75) is 43.7 Å². The zero-order valence-electron chi connectivity index (χ0n) is 17.7. The molecular weight excluding hydrogens is 402 g/mol. The van der Waals surface area contributed by atoms with E-state index in [-0.39, 0.29) is 18.4 Å². The summed E-state index contributed by atoms with van der Waals surface area (Å²) in [7, 11) is 0. The highest BCUT2D eigenvalue weighted by atomic mass is 32.2. The van der Waals surface area contributed by atoms with Crippen molar-refractivity contribution in [1.29, 1.82) is 0 Å². The number of nitrogens with zero attached hydrogens (tertiary/aromatic N) is 1. The van der Waals surface area contributed by atoms with Gasteiger partial charge in [-0.2, -0.15) is 11.8 Å². The van der Waals surface area contributed by atoms with Gasteiger partial charge in [0.05, 0.1) is 25.7 Å². The number of morpholine rings is 1. The third-order valence-corrected chi connectivity index (χ3v) is 6.40. The first kappa shape index (κ1) is 22.9. The number of rotatable bonds is 4. The van der Waals surface area contributed by atoms with E-state index in [2.05, 4.69) is 11.4 Å². The maximum Gasteiger partial charge on any atom is 0.254 e. The first-order valence-corrected chi connectivity index (χ1v) is 12.1. The van der Waals surface area contributed by atoms with Gasteiger partial charge in [0, 0.05) is 6.54 Å². The van der Waals surface area contributed by atoms with E-state index < -0.39 is 11.6 Å². The second-order valence-electron chi connectivity index (χ2n) is 7.91. The molecule has 3 N–H and O–H groups in total. The summed E-state index contributed by atoms with van der Waals surface area (Å²) in [5.41, 5.74) is 6.27. The van der Waals surface area contributed by atoms with E-state index in [1.807, 2.05) is 24.5 Å². The third-order valence-electron chi connectivity index (χ3n) is 5.76. The fraction of sp³-hybridized carbons (Fsp3) is 0.636. The van der Waals surface area contributed by atoms with Gasteiger partial charge in [-0.05, 0) is 55.7 Å². The van der Waals surface area contributed by atoms with Crippen LogP contribution in [0.4, 0.5) is 0 Å².